The van der Waals surface area contributed by atoms with Crippen LogP contribution in [-0.2, 0) is 5.41 Å². The fraction of sp³-hybridized carbons (Fsp3) is 0.522. The molecule has 2 aromatic heterocycles. The van der Waals surface area contributed by atoms with Gasteiger partial charge in [-0.25, -0.2) is 9.50 Å². The molecule has 1 spiro atoms. The summed E-state index contributed by atoms with van der Waals surface area (Å²) in [7, 11) is 0. The number of hydrogen-bond acceptors (Lipinski definition) is 7. The van der Waals surface area contributed by atoms with Crippen LogP contribution in [0, 0.1) is 5.41 Å². The highest BCUT2D eigenvalue weighted by Gasteiger charge is 2.41. The van der Waals surface area contributed by atoms with Crippen LogP contribution in [0.25, 0.3) is 5.65 Å². The van der Waals surface area contributed by atoms with Crippen LogP contribution in [0.1, 0.15) is 38.7 Å². The summed E-state index contributed by atoms with van der Waals surface area (Å²) in [6.07, 6.45) is 7.29. The van der Waals surface area contributed by atoms with Gasteiger partial charge in [0.05, 0.1) is 0 Å². The Balaban J connectivity index is 1.28. The minimum Gasteiger partial charge on any atom is -0.385 e. The van der Waals surface area contributed by atoms with Crippen LogP contribution in [0.3, 0.4) is 0 Å². The Morgan fingerprint density at radius 1 is 1.13 bits per heavy atom. The number of nitrogens with one attached hydrogen (secondary N) is 3. The monoisotopic (exact) mass is 418 g/mol. The molecule has 6 rings (SSSR count). The van der Waals surface area contributed by atoms with Crippen LogP contribution < -0.4 is 20.9 Å². The molecular weight excluding hydrogens is 388 g/mol. The second kappa shape index (κ2) is 6.82. The van der Waals surface area contributed by atoms with E-state index in [1.807, 2.05) is 16.9 Å². The maximum Gasteiger partial charge on any atom is 0.247 e. The van der Waals surface area contributed by atoms with Crippen molar-refractivity contribution < 1.29 is 0 Å². The molecule has 3 aromatic rings. The van der Waals surface area contributed by atoms with Gasteiger partial charge in [-0.1, -0.05) is 19.9 Å². The zero-order valence-corrected chi connectivity index (χ0v) is 18.3. The molecule has 2 saturated heterocycles. The molecule has 3 N–H and O–H groups in total. The van der Waals surface area contributed by atoms with Gasteiger partial charge in [0.2, 0.25) is 5.95 Å². The van der Waals surface area contributed by atoms with E-state index in [1.54, 1.807) is 0 Å². The van der Waals surface area contributed by atoms with Crippen LogP contribution in [0.5, 0.6) is 0 Å². The number of fused-ring (bicyclic) bond motifs is 2. The van der Waals surface area contributed by atoms with E-state index in [4.69, 9.17) is 4.98 Å². The van der Waals surface area contributed by atoms with Gasteiger partial charge in [-0.15, -0.1) is 5.10 Å². The van der Waals surface area contributed by atoms with E-state index in [0.717, 1.165) is 56.3 Å². The quantitative estimate of drug-likeness (QED) is 0.603. The highest BCUT2D eigenvalue weighted by Crippen LogP contribution is 2.39. The average molecular weight is 419 g/mol. The normalized spacial score (nSPS) is 24.5. The lowest BCUT2D eigenvalue weighted by molar-refractivity contribution is 0.369. The Morgan fingerprint density at radius 2 is 2.06 bits per heavy atom. The van der Waals surface area contributed by atoms with Crippen molar-refractivity contribution in [3.63, 3.8) is 0 Å². The number of nitrogens with zero attached hydrogens (tertiary/aromatic N) is 5. The minimum absolute atomic E-state index is 0.197. The van der Waals surface area contributed by atoms with Crippen molar-refractivity contribution >= 4 is 28.8 Å². The third-order valence-corrected chi connectivity index (χ3v) is 7.38. The van der Waals surface area contributed by atoms with E-state index < -0.39 is 0 Å². The fourth-order valence-electron chi connectivity index (χ4n) is 5.47. The molecule has 0 aliphatic carbocycles. The van der Waals surface area contributed by atoms with Gasteiger partial charge in [-0.3, -0.25) is 0 Å². The molecule has 8 heteroatoms. The first-order valence-corrected chi connectivity index (χ1v) is 11.3. The largest absolute Gasteiger partial charge is 0.385 e. The topological polar surface area (TPSA) is 82.4 Å². The first kappa shape index (κ1) is 18.9. The molecule has 0 saturated carbocycles. The molecule has 0 amide bonds. The van der Waals surface area contributed by atoms with Gasteiger partial charge in [0.1, 0.15) is 0 Å². The van der Waals surface area contributed by atoms with Gasteiger partial charge in [0.25, 0.3) is 0 Å². The van der Waals surface area contributed by atoms with Crippen LogP contribution in [0.4, 0.5) is 23.1 Å². The summed E-state index contributed by atoms with van der Waals surface area (Å²) in [6.45, 7) is 9.90. The summed E-state index contributed by atoms with van der Waals surface area (Å²) in [5.74, 6) is 1.53. The van der Waals surface area contributed by atoms with Gasteiger partial charge in [0.15, 0.2) is 11.5 Å². The zero-order valence-electron chi connectivity index (χ0n) is 18.3. The van der Waals surface area contributed by atoms with Crippen LogP contribution in [0.15, 0.2) is 30.6 Å². The Bertz CT molecular complexity index is 1130. The summed E-state index contributed by atoms with van der Waals surface area (Å²) in [4.78, 5) is 11.9. The molecule has 31 heavy (non-hydrogen) atoms. The second-order valence-electron chi connectivity index (χ2n) is 10.00. The van der Waals surface area contributed by atoms with Gasteiger partial charge in [0, 0.05) is 55.4 Å². The molecule has 1 aromatic carbocycles. The Morgan fingerprint density at radius 3 is 2.94 bits per heavy atom. The zero-order chi connectivity index (χ0) is 21.1. The van der Waals surface area contributed by atoms with Crippen molar-refractivity contribution in [1.29, 1.82) is 0 Å². The predicted octanol–water partition coefficient (Wildman–Crippen LogP) is 3.15. The lowest BCUT2D eigenvalue weighted by atomic mass is 9.78. The number of aromatic nitrogens is 4. The second-order valence-corrected chi connectivity index (χ2v) is 10.00. The smallest absolute Gasteiger partial charge is 0.247 e. The summed E-state index contributed by atoms with van der Waals surface area (Å²) in [5.41, 5.74) is 4.95. The minimum atomic E-state index is 0.197. The maximum atomic E-state index is 4.81. The van der Waals surface area contributed by atoms with Crippen molar-refractivity contribution in [2.75, 3.05) is 48.3 Å². The van der Waals surface area contributed by atoms with Crippen molar-refractivity contribution in [2.45, 2.75) is 38.5 Å². The molecule has 0 bridgehead atoms. The van der Waals surface area contributed by atoms with Crippen LogP contribution in [-0.4, -0.2) is 52.3 Å². The molecule has 8 nitrogen and oxygen atoms in total. The molecular formula is C23H30N8. The lowest BCUT2D eigenvalue weighted by Gasteiger charge is -2.33. The van der Waals surface area contributed by atoms with E-state index in [1.165, 1.54) is 24.1 Å². The number of hydrogen-bond donors (Lipinski definition) is 3. The van der Waals surface area contributed by atoms with E-state index in [2.05, 4.69) is 63.0 Å². The summed E-state index contributed by atoms with van der Waals surface area (Å²) in [5, 5.41) is 15.1. The van der Waals surface area contributed by atoms with Crippen LogP contribution >= 0.6 is 0 Å². The SMILES string of the molecule is CC1(C)CCNc2cc(Nc3nc4c(N5CCC6(CCNC6)C5)nccn4n3)ccc21. The highest BCUT2D eigenvalue weighted by molar-refractivity contribution is 5.70. The maximum absolute atomic E-state index is 4.81. The standard InChI is InChI=1S/C23H30N8/c1-22(2)5-9-25-18-13-16(3-4-17(18)22)27-21-28-20-19(26-10-12-31(20)29-21)30-11-7-23(15-30)6-8-24-14-23/h3-4,10,12-13,24-25H,5-9,11,14-15H2,1-2H3,(H,27,29). The van der Waals surface area contributed by atoms with E-state index in [-0.39, 0.29) is 5.41 Å². The van der Waals surface area contributed by atoms with E-state index in [9.17, 15) is 0 Å². The number of rotatable bonds is 3. The van der Waals surface area contributed by atoms with Crippen molar-refractivity contribution in [3.05, 3.63) is 36.2 Å². The third-order valence-electron chi connectivity index (χ3n) is 7.38. The van der Waals surface area contributed by atoms with Gasteiger partial charge in [-0.05, 0) is 48.9 Å². The molecule has 2 fully saturated rings. The molecule has 3 aliphatic heterocycles. The predicted molar refractivity (Wildman–Crippen MR) is 123 cm³/mol. The van der Waals surface area contributed by atoms with E-state index in [0.29, 0.717) is 11.4 Å². The Hall–Kier alpha value is -2.87. The molecule has 162 valence electrons. The summed E-state index contributed by atoms with van der Waals surface area (Å²) < 4.78 is 1.84. The van der Waals surface area contributed by atoms with Gasteiger partial charge in [-0.2, -0.15) is 4.98 Å². The first-order valence-electron chi connectivity index (χ1n) is 11.3. The molecule has 1 unspecified atom stereocenters. The first-order chi connectivity index (χ1) is 15.0. The highest BCUT2D eigenvalue weighted by atomic mass is 15.4. The van der Waals surface area contributed by atoms with Crippen molar-refractivity contribution in [1.82, 2.24) is 24.9 Å². The lowest BCUT2D eigenvalue weighted by Crippen LogP contribution is -2.29. The summed E-state index contributed by atoms with van der Waals surface area (Å²) >= 11 is 0. The average Bonchev–Trinajstić information content (AvgIpc) is 3.48. The van der Waals surface area contributed by atoms with Gasteiger partial charge < -0.3 is 20.9 Å². The fourth-order valence-corrected chi connectivity index (χ4v) is 5.47. The summed E-state index contributed by atoms with van der Waals surface area (Å²) in [6, 6.07) is 6.50. The number of benzene rings is 1. The Kier molecular flexibility index (Phi) is 4.15. The third kappa shape index (κ3) is 3.20. The molecule has 0 radical (unpaired) electrons. The van der Waals surface area contributed by atoms with Crippen molar-refractivity contribution in [2.24, 2.45) is 5.41 Å². The van der Waals surface area contributed by atoms with E-state index >= 15 is 0 Å². The van der Waals surface area contributed by atoms with Crippen molar-refractivity contribution in [3.8, 4) is 0 Å². The molecule has 1 atom stereocenters. The van der Waals surface area contributed by atoms with Crippen LogP contribution in [0.2, 0.25) is 0 Å². The van der Waals surface area contributed by atoms with Gasteiger partial charge >= 0.3 is 0 Å². The molecule has 3 aliphatic rings. The Labute approximate surface area is 182 Å². The number of anilines is 4. The molecule has 5 heterocycles.